The number of hydrogen-bond acceptors (Lipinski definition) is 4. The molecular formula is C17H19BrN2O3S. The molecule has 1 aromatic heterocycles. The minimum Gasteiger partial charge on any atom is -0.483 e. The first-order chi connectivity index (χ1) is 11.5. The Kier molecular flexibility index (Phi) is 6.81. The smallest absolute Gasteiger partial charge is 0.279 e. The molecule has 0 radical (unpaired) electrons. The number of nitrogens with one attached hydrogen (secondary N) is 2. The predicted molar refractivity (Wildman–Crippen MR) is 98.3 cm³/mol. The van der Waals surface area contributed by atoms with E-state index in [-0.39, 0.29) is 12.5 Å². The van der Waals surface area contributed by atoms with Gasteiger partial charge in [0.1, 0.15) is 5.75 Å². The summed E-state index contributed by atoms with van der Waals surface area (Å²) in [6, 6.07) is 9.28. The van der Waals surface area contributed by atoms with E-state index in [9.17, 15) is 9.59 Å². The van der Waals surface area contributed by atoms with Crippen molar-refractivity contribution in [2.24, 2.45) is 0 Å². The van der Waals surface area contributed by atoms with E-state index in [1.165, 1.54) is 16.9 Å². The van der Waals surface area contributed by atoms with Crippen LogP contribution in [0.3, 0.4) is 0 Å². The highest BCUT2D eigenvalue weighted by atomic mass is 79.9. The van der Waals surface area contributed by atoms with Crippen LogP contribution in [0.25, 0.3) is 0 Å². The van der Waals surface area contributed by atoms with E-state index in [4.69, 9.17) is 4.74 Å². The lowest BCUT2D eigenvalue weighted by Gasteiger charge is -2.13. The van der Waals surface area contributed by atoms with Gasteiger partial charge in [0.15, 0.2) is 6.61 Å². The Labute approximate surface area is 153 Å². The number of rotatable bonds is 6. The Morgan fingerprint density at radius 2 is 2.08 bits per heavy atom. The lowest BCUT2D eigenvalue weighted by Crippen LogP contribution is -2.43. The van der Waals surface area contributed by atoms with Gasteiger partial charge in [0.2, 0.25) is 0 Å². The highest BCUT2D eigenvalue weighted by Gasteiger charge is 2.11. The van der Waals surface area contributed by atoms with Crippen LogP contribution in [0.4, 0.5) is 0 Å². The van der Waals surface area contributed by atoms with E-state index in [0.717, 1.165) is 10.9 Å². The Hall–Kier alpha value is -1.86. The standard InChI is InChI=1S/C17H19BrN2O3S/c1-3-11(2)12-6-7-14(13(18)9-12)23-10-16(21)19-20-17(22)15-5-4-8-24-15/h4-9,11H,3,10H2,1-2H3,(H,19,21)(H,20,22). The molecule has 2 N–H and O–H groups in total. The molecule has 0 spiro atoms. The highest BCUT2D eigenvalue weighted by Crippen LogP contribution is 2.29. The topological polar surface area (TPSA) is 67.4 Å². The summed E-state index contributed by atoms with van der Waals surface area (Å²) in [5, 5.41) is 1.79. The molecular weight excluding hydrogens is 392 g/mol. The third kappa shape index (κ3) is 5.07. The summed E-state index contributed by atoms with van der Waals surface area (Å²) in [6.07, 6.45) is 1.05. The molecule has 0 aliphatic heterocycles. The second kappa shape index (κ2) is 8.84. The first-order valence-corrected chi connectivity index (χ1v) is 9.23. The third-order valence-corrected chi connectivity index (χ3v) is 5.04. The summed E-state index contributed by atoms with van der Waals surface area (Å²) in [6.45, 7) is 4.11. The molecule has 0 aliphatic carbocycles. The average Bonchev–Trinajstić information content (AvgIpc) is 3.12. The minimum absolute atomic E-state index is 0.188. The monoisotopic (exact) mass is 410 g/mol. The molecule has 7 heteroatoms. The number of carbonyl (C=O) groups is 2. The number of thiophene rings is 1. The fourth-order valence-corrected chi connectivity index (χ4v) is 3.08. The second-order valence-corrected chi connectivity index (χ2v) is 7.07. The van der Waals surface area contributed by atoms with Gasteiger partial charge in [-0.2, -0.15) is 0 Å². The van der Waals surface area contributed by atoms with E-state index in [1.54, 1.807) is 17.5 Å². The van der Waals surface area contributed by atoms with Crippen LogP contribution in [0, 0.1) is 0 Å². The molecule has 0 fully saturated rings. The molecule has 0 saturated carbocycles. The molecule has 1 atom stereocenters. The van der Waals surface area contributed by atoms with E-state index in [0.29, 0.717) is 16.5 Å². The number of hydrogen-bond donors (Lipinski definition) is 2. The molecule has 0 bridgehead atoms. The Morgan fingerprint density at radius 1 is 1.29 bits per heavy atom. The van der Waals surface area contributed by atoms with Gasteiger partial charge >= 0.3 is 0 Å². The van der Waals surface area contributed by atoms with Crippen molar-refractivity contribution in [3.63, 3.8) is 0 Å². The lowest BCUT2D eigenvalue weighted by molar-refractivity contribution is -0.123. The van der Waals surface area contributed by atoms with Crippen LogP contribution < -0.4 is 15.6 Å². The first-order valence-electron chi connectivity index (χ1n) is 7.56. The summed E-state index contributed by atoms with van der Waals surface area (Å²) in [4.78, 5) is 24.0. The molecule has 1 aromatic carbocycles. The van der Waals surface area contributed by atoms with Gasteiger partial charge in [0, 0.05) is 0 Å². The zero-order valence-electron chi connectivity index (χ0n) is 13.5. The SMILES string of the molecule is CCC(C)c1ccc(OCC(=O)NNC(=O)c2cccs2)c(Br)c1. The molecule has 1 unspecified atom stereocenters. The Bertz CT molecular complexity index is 704. The molecule has 2 aromatic rings. The van der Waals surface area contributed by atoms with Crippen molar-refractivity contribution in [1.82, 2.24) is 10.9 Å². The number of hydrazine groups is 1. The van der Waals surface area contributed by atoms with Gasteiger partial charge in [0.25, 0.3) is 11.8 Å². The number of benzene rings is 1. The van der Waals surface area contributed by atoms with Gasteiger partial charge in [-0.15, -0.1) is 11.3 Å². The Balaban J connectivity index is 1.82. The lowest BCUT2D eigenvalue weighted by atomic mass is 9.99. The van der Waals surface area contributed by atoms with Gasteiger partial charge in [-0.25, -0.2) is 0 Å². The molecule has 128 valence electrons. The maximum Gasteiger partial charge on any atom is 0.279 e. The van der Waals surface area contributed by atoms with Gasteiger partial charge in [-0.3, -0.25) is 20.4 Å². The Morgan fingerprint density at radius 3 is 2.71 bits per heavy atom. The van der Waals surface area contributed by atoms with E-state index in [1.807, 2.05) is 18.2 Å². The molecule has 5 nitrogen and oxygen atoms in total. The molecule has 1 heterocycles. The quantitative estimate of drug-likeness (QED) is 0.710. The highest BCUT2D eigenvalue weighted by molar-refractivity contribution is 9.10. The van der Waals surface area contributed by atoms with Crippen LogP contribution in [0.5, 0.6) is 5.75 Å². The largest absolute Gasteiger partial charge is 0.483 e. The summed E-state index contributed by atoms with van der Waals surface area (Å²) >= 11 is 4.76. The van der Waals surface area contributed by atoms with Crippen molar-refractivity contribution in [2.75, 3.05) is 6.61 Å². The van der Waals surface area contributed by atoms with Crippen LogP contribution in [-0.2, 0) is 4.79 Å². The minimum atomic E-state index is -0.433. The molecule has 0 aliphatic rings. The molecule has 2 amide bonds. The van der Waals surface area contributed by atoms with E-state index >= 15 is 0 Å². The van der Waals surface area contributed by atoms with Gasteiger partial charge < -0.3 is 4.74 Å². The number of ether oxygens (including phenoxy) is 1. The third-order valence-electron chi connectivity index (χ3n) is 3.56. The summed E-state index contributed by atoms with van der Waals surface area (Å²) in [5.74, 6) is 0.267. The second-order valence-electron chi connectivity index (χ2n) is 5.27. The van der Waals surface area contributed by atoms with Crippen LogP contribution >= 0.6 is 27.3 Å². The normalized spacial score (nSPS) is 11.6. The maximum absolute atomic E-state index is 11.8. The average molecular weight is 411 g/mol. The zero-order valence-corrected chi connectivity index (χ0v) is 15.9. The molecule has 0 saturated heterocycles. The number of halogens is 1. The van der Waals surface area contributed by atoms with E-state index in [2.05, 4.69) is 40.6 Å². The molecule has 2 rings (SSSR count). The van der Waals surface area contributed by atoms with Crippen molar-refractivity contribution in [3.05, 3.63) is 50.6 Å². The van der Waals surface area contributed by atoms with Crippen molar-refractivity contribution in [3.8, 4) is 5.75 Å². The van der Waals surface area contributed by atoms with Crippen molar-refractivity contribution >= 4 is 39.1 Å². The van der Waals surface area contributed by atoms with Gasteiger partial charge in [-0.1, -0.05) is 26.0 Å². The van der Waals surface area contributed by atoms with Crippen LogP contribution in [0.15, 0.2) is 40.2 Å². The van der Waals surface area contributed by atoms with Crippen molar-refractivity contribution in [1.29, 1.82) is 0 Å². The van der Waals surface area contributed by atoms with Crippen molar-refractivity contribution in [2.45, 2.75) is 26.2 Å². The summed E-state index contributed by atoms with van der Waals surface area (Å²) in [7, 11) is 0. The van der Waals surface area contributed by atoms with Crippen molar-refractivity contribution < 1.29 is 14.3 Å². The van der Waals surface area contributed by atoms with Crippen LogP contribution in [-0.4, -0.2) is 18.4 Å². The number of carbonyl (C=O) groups excluding carboxylic acids is 2. The molecule has 24 heavy (non-hydrogen) atoms. The maximum atomic E-state index is 11.8. The summed E-state index contributed by atoms with van der Waals surface area (Å²) < 4.78 is 6.28. The van der Waals surface area contributed by atoms with Crippen LogP contribution in [0.2, 0.25) is 0 Å². The zero-order chi connectivity index (χ0) is 17.5. The first kappa shape index (κ1) is 18.5. The van der Waals surface area contributed by atoms with E-state index < -0.39 is 5.91 Å². The number of amides is 2. The van der Waals surface area contributed by atoms with Gasteiger partial charge in [-0.05, 0) is 57.4 Å². The fourth-order valence-electron chi connectivity index (χ4n) is 1.95. The summed E-state index contributed by atoms with van der Waals surface area (Å²) in [5.41, 5.74) is 5.89. The fraction of sp³-hybridized carbons (Fsp3) is 0.294. The van der Waals surface area contributed by atoms with Crippen LogP contribution in [0.1, 0.15) is 41.4 Å². The predicted octanol–water partition coefficient (Wildman–Crippen LogP) is 3.86. The van der Waals surface area contributed by atoms with Gasteiger partial charge in [0.05, 0.1) is 9.35 Å².